The van der Waals surface area contributed by atoms with Crippen molar-refractivity contribution >= 4 is 15.9 Å². The van der Waals surface area contributed by atoms with E-state index in [2.05, 4.69) is 26.0 Å². The molecule has 5 heteroatoms. The van der Waals surface area contributed by atoms with Gasteiger partial charge in [-0.3, -0.25) is 0 Å². The molecule has 0 bridgehead atoms. The molecule has 0 aliphatic heterocycles. The molecular weight excluding hydrogens is 258 g/mol. The van der Waals surface area contributed by atoms with E-state index in [1.807, 2.05) is 24.3 Å². The number of hydrogen-bond donors (Lipinski definition) is 1. The average molecular weight is 268 g/mol. The molecule has 1 aromatic heterocycles. The molecule has 1 heterocycles. The lowest BCUT2D eigenvalue weighted by Gasteiger charge is -2.04. The molecule has 15 heavy (non-hydrogen) atoms. The molecule has 4 nitrogen and oxygen atoms in total. The molecule has 0 saturated heterocycles. The Balaban J connectivity index is 2.22. The summed E-state index contributed by atoms with van der Waals surface area (Å²) in [6.07, 6.45) is 1.45. The van der Waals surface area contributed by atoms with Gasteiger partial charge in [0.2, 0.25) is 0 Å². The van der Waals surface area contributed by atoms with Crippen LogP contribution in [0.1, 0.15) is 11.4 Å². The van der Waals surface area contributed by atoms with Crippen molar-refractivity contribution in [2.75, 3.05) is 0 Å². The van der Waals surface area contributed by atoms with Crippen LogP contribution in [0.5, 0.6) is 0 Å². The maximum absolute atomic E-state index is 9.01. The minimum absolute atomic E-state index is 0.0893. The Labute approximate surface area is 95.7 Å². The summed E-state index contributed by atoms with van der Waals surface area (Å²) in [5.41, 5.74) is 1.12. The normalized spacial score (nSPS) is 10.5. The second kappa shape index (κ2) is 4.55. The van der Waals surface area contributed by atoms with Crippen molar-refractivity contribution in [2.24, 2.45) is 0 Å². The Morgan fingerprint density at radius 1 is 1.40 bits per heavy atom. The van der Waals surface area contributed by atoms with Gasteiger partial charge in [-0.1, -0.05) is 28.1 Å². The van der Waals surface area contributed by atoms with Gasteiger partial charge in [0, 0.05) is 4.47 Å². The SMILES string of the molecule is OCc1ncnn1Cc1cccc(Br)c1. The first-order chi connectivity index (χ1) is 7.29. The zero-order valence-corrected chi connectivity index (χ0v) is 9.55. The number of nitrogens with zero attached hydrogens (tertiary/aromatic N) is 3. The molecule has 0 aliphatic carbocycles. The van der Waals surface area contributed by atoms with Gasteiger partial charge in [0.05, 0.1) is 6.54 Å². The summed E-state index contributed by atoms with van der Waals surface area (Å²) in [4.78, 5) is 3.94. The van der Waals surface area contributed by atoms with Crippen LogP contribution >= 0.6 is 15.9 Å². The Kier molecular flexibility index (Phi) is 3.13. The molecule has 0 spiro atoms. The molecule has 0 saturated carbocycles. The number of benzene rings is 1. The smallest absolute Gasteiger partial charge is 0.152 e. The minimum Gasteiger partial charge on any atom is -0.388 e. The number of halogens is 1. The van der Waals surface area contributed by atoms with E-state index in [4.69, 9.17) is 5.11 Å². The van der Waals surface area contributed by atoms with Gasteiger partial charge in [-0.15, -0.1) is 0 Å². The average Bonchev–Trinajstić information content (AvgIpc) is 2.65. The maximum atomic E-state index is 9.01. The first-order valence-electron chi connectivity index (χ1n) is 4.51. The van der Waals surface area contributed by atoms with Crippen molar-refractivity contribution < 1.29 is 5.11 Å². The lowest BCUT2D eigenvalue weighted by molar-refractivity contribution is 0.264. The quantitative estimate of drug-likeness (QED) is 0.919. The third-order valence-corrected chi connectivity index (χ3v) is 2.55. The molecule has 1 N–H and O–H groups in total. The van der Waals surface area contributed by atoms with Gasteiger partial charge in [0.1, 0.15) is 12.9 Å². The molecule has 0 unspecified atom stereocenters. The Hall–Kier alpha value is -1.20. The van der Waals surface area contributed by atoms with Gasteiger partial charge in [0.25, 0.3) is 0 Å². The summed E-state index contributed by atoms with van der Waals surface area (Å²) >= 11 is 3.41. The number of hydrogen-bond acceptors (Lipinski definition) is 3. The summed E-state index contributed by atoms with van der Waals surface area (Å²) in [7, 11) is 0. The van der Waals surface area contributed by atoms with Crippen molar-refractivity contribution in [2.45, 2.75) is 13.2 Å². The van der Waals surface area contributed by atoms with Crippen LogP contribution in [-0.2, 0) is 13.2 Å². The monoisotopic (exact) mass is 267 g/mol. The summed E-state index contributed by atoms with van der Waals surface area (Å²) in [5, 5.41) is 13.0. The fraction of sp³-hybridized carbons (Fsp3) is 0.200. The highest BCUT2D eigenvalue weighted by atomic mass is 79.9. The highest BCUT2D eigenvalue weighted by molar-refractivity contribution is 9.10. The van der Waals surface area contributed by atoms with Crippen molar-refractivity contribution in [3.05, 3.63) is 46.5 Å². The summed E-state index contributed by atoms with van der Waals surface area (Å²) in [5.74, 6) is 0.579. The van der Waals surface area contributed by atoms with E-state index in [1.54, 1.807) is 4.68 Å². The van der Waals surface area contributed by atoms with E-state index in [0.29, 0.717) is 12.4 Å². The maximum Gasteiger partial charge on any atom is 0.152 e. The first kappa shape index (κ1) is 10.3. The van der Waals surface area contributed by atoms with Crippen molar-refractivity contribution in [3.63, 3.8) is 0 Å². The largest absolute Gasteiger partial charge is 0.388 e. The van der Waals surface area contributed by atoms with Gasteiger partial charge in [-0.05, 0) is 17.7 Å². The van der Waals surface area contributed by atoms with Crippen molar-refractivity contribution in [1.29, 1.82) is 0 Å². The van der Waals surface area contributed by atoms with E-state index >= 15 is 0 Å². The van der Waals surface area contributed by atoms with Gasteiger partial charge >= 0.3 is 0 Å². The predicted molar refractivity (Wildman–Crippen MR) is 59.2 cm³/mol. The third kappa shape index (κ3) is 2.43. The van der Waals surface area contributed by atoms with Crippen LogP contribution in [0.25, 0.3) is 0 Å². The van der Waals surface area contributed by atoms with Crippen molar-refractivity contribution in [3.8, 4) is 0 Å². The third-order valence-electron chi connectivity index (χ3n) is 2.06. The highest BCUT2D eigenvalue weighted by Crippen LogP contribution is 2.12. The standard InChI is InChI=1S/C10H10BrN3O/c11-9-3-1-2-8(4-9)5-14-10(6-15)12-7-13-14/h1-4,7,15H,5-6H2. The van der Waals surface area contributed by atoms with Crippen LogP contribution in [0.2, 0.25) is 0 Å². The second-order valence-corrected chi connectivity index (χ2v) is 4.04. The van der Waals surface area contributed by atoms with Crippen molar-refractivity contribution in [1.82, 2.24) is 14.8 Å². The van der Waals surface area contributed by atoms with Crippen LogP contribution in [0.3, 0.4) is 0 Å². The predicted octanol–water partition coefficient (Wildman–Crippen LogP) is 1.58. The van der Waals surface area contributed by atoms with Crippen LogP contribution in [0.15, 0.2) is 35.1 Å². The van der Waals surface area contributed by atoms with Gasteiger partial charge in [-0.25, -0.2) is 9.67 Å². The molecule has 78 valence electrons. The van der Waals surface area contributed by atoms with E-state index in [1.165, 1.54) is 6.33 Å². The number of aliphatic hydroxyl groups is 1. The highest BCUT2D eigenvalue weighted by Gasteiger charge is 2.03. The number of aromatic nitrogens is 3. The Bertz CT molecular complexity index is 455. The summed E-state index contributed by atoms with van der Waals surface area (Å²) in [6.45, 7) is 0.531. The minimum atomic E-state index is -0.0893. The summed E-state index contributed by atoms with van der Waals surface area (Å²) in [6, 6.07) is 7.96. The van der Waals surface area contributed by atoms with Crippen LogP contribution in [-0.4, -0.2) is 19.9 Å². The van der Waals surface area contributed by atoms with E-state index in [0.717, 1.165) is 10.0 Å². The lowest BCUT2D eigenvalue weighted by Crippen LogP contribution is -2.06. The molecule has 0 amide bonds. The zero-order chi connectivity index (χ0) is 10.7. The van der Waals surface area contributed by atoms with E-state index in [-0.39, 0.29) is 6.61 Å². The Morgan fingerprint density at radius 2 is 2.27 bits per heavy atom. The molecule has 1 aromatic carbocycles. The van der Waals surface area contributed by atoms with Crippen LogP contribution < -0.4 is 0 Å². The molecule has 0 aliphatic rings. The zero-order valence-electron chi connectivity index (χ0n) is 7.97. The number of rotatable bonds is 3. The van der Waals surface area contributed by atoms with Crippen LogP contribution in [0.4, 0.5) is 0 Å². The Morgan fingerprint density at radius 3 is 3.00 bits per heavy atom. The fourth-order valence-corrected chi connectivity index (χ4v) is 1.80. The van der Waals surface area contributed by atoms with E-state index < -0.39 is 0 Å². The second-order valence-electron chi connectivity index (χ2n) is 3.12. The van der Waals surface area contributed by atoms with Crippen LogP contribution in [0, 0.1) is 0 Å². The van der Waals surface area contributed by atoms with E-state index in [9.17, 15) is 0 Å². The molecular formula is C10H10BrN3O. The fourth-order valence-electron chi connectivity index (χ4n) is 1.35. The first-order valence-corrected chi connectivity index (χ1v) is 5.31. The topological polar surface area (TPSA) is 50.9 Å². The molecule has 2 rings (SSSR count). The molecule has 0 fully saturated rings. The molecule has 2 aromatic rings. The molecule has 0 atom stereocenters. The molecule has 0 radical (unpaired) electrons. The van der Waals surface area contributed by atoms with Gasteiger partial charge in [-0.2, -0.15) is 5.10 Å². The number of aliphatic hydroxyl groups excluding tert-OH is 1. The lowest BCUT2D eigenvalue weighted by atomic mass is 10.2. The van der Waals surface area contributed by atoms with Gasteiger partial charge in [0.15, 0.2) is 5.82 Å². The summed E-state index contributed by atoms with van der Waals surface area (Å²) < 4.78 is 2.72. The van der Waals surface area contributed by atoms with Gasteiger partial charge < -0.3 is 5.11 Å².